The fraction of sp³-hybridized carbons (Fsp3) is 0.200. The van der Waals surface area contributed by atoms with Crippen molar-refractivity contribution in [3.63, 3.8) is 0 Å². The summed E-state index contributed by atoms with van der Waals surface area (Å²) in [6.45, 7) is -1.63. The average molecular weight is 398 g/mol. The molecule has 2 rings (SSSR count). The van der Waals surface area contributed by atoms with Gasteiger partial charge in [0.15, 0.2) is 17.6 Å². The molecule has 0 amide bonds. The van der Waals surface area contributed by atoms with E-state index in [2.05, 4.69) is 24.7 Å². The zero-order chi connectivity index (χ0) is 17.6. The molecule has 0 bridgehead atoms. The lowest BCUT2D eigenvalue weighted by molar-refractivity contribution is -0.154. The maximum atomic E-state index is 12.7. The first-order valence-electron chi connectivity index (χ1n) is 5.29. The highest BCUT2D eigenvalue weighted by atomic mass is 35.5. The summed E-state index contributed by atoms with van der Waals surface area (Å²) in [5.41, 5.74) is 0. The van der Waals surface area contributed by atoms with Gasteiger partial charge in [0, 0.05) is 0 Å². The molecule has 0 spiro atoms. The SMILES string of the molecule is Fc1cnc(Cl)nc1Cl.Fc1cnc(Cl)nc1OCC(F)(F)F. The van der Waals surface area contributed by atoms with Crippen molar-refractivity contribution in [2.24, 2.45) is 0 Å². The Balaban J connectivity index is 0.000000253. The van der Waals surface area contributed by atoms with Crippen LogP contribution in [0.15, 0.2) is 12.4 Å². The summed E-state index contributed by atoms with van der Waals surface area (Å²) in [5, 5.41) is -0.694. The van der Waals surface area contributed by atoms with Crippen molar-refractivity contribution < 1.29 is 26.7 Å². The first kappa shape index (κ1) is 19.5. The predicted octanol–water partition coefficient (Wildman–Crippen LogP) is 4.13. The topological polar surface area (TPSA) is 60.8 Å². The molecule has 0 atom stereocenters. The van der Waals surface area contributed by atoms with Crippen LogP contribution >= 0.6 is 34.8 Å². The maximum absolute atomic E-state index is 12.7. The van der Waals surface area contributed by atoms with Gasteiger partial charge in [0.05, 0.1) is 12.4 Å². The van der Waals surface area contributed by atoms with Gasteiger partial charge in [0.25, 0.3) is 5.88 Å². The quantitative estimate of drug-likeness (QED) is 0.433. The number of hydrogen-bond donors (Lipinski definition) is 0. The fourth-order valence-electron chi connectivity index (χ4n) is 0.909. The Hall–Kier alpha value is -1.52. The van der Waals surface area contributed by atoms with Gasteiger partial charge in [0.1, 0.15) is 0 Å². The molecule has 0 saturated carbocycles. The third-order valence-corrected chi connectivity index (χ3v) is 2.36. The van der Waals surface area contributed by atoms with Crippen molar-refractivity contribution in [3.05, 3.63) is 39.7 Å². The molecule has 0 N–H and O–H groups in total. The summed E-state index contributed by atoms with van der Waals surface area (Å²) < 4.78 is 63.8. The molecule has 13 heteroatoms. The maximum Gasteiger partial charge on any atom is 0.422 e. The summed E-state index contributed by atoms with van der Waals surface area (Å²) >= 11 is 15.7. The molecule has 0 aliphatic carbocycles. The second-order valence-corrected chi connectivity index (χ2v) is 4.51. The Labute approximate surface area is 140 Å². The minimum absolute atomic E-state index is 0.0543. The van der Waals surface area contributed by atoms with E-state index < -0.39 is 30.3 Å². The van der Waals surface area contributed by atoms with Crippen LogP contribution in [0.25, 0.3) is 0 Å². The lowest BCUT2D eigenvalue weighted by atomic mass is 10.6. The summed E-state index contributed by atoms with van der Waals surface area (Å²) in [6.07, 6.45) is -3.01. The minimum atomic E-state index is -4.55. The van der Waals surface area contributed by atoms with Crippen molar-refractivity contribution in [3.8, 4) is 5.88 Å². The van der Waals surface area contributed by atoms with Crippen LogP contribution in [0.2, 0.25) is 15.7 Å². The van der Waals surface area contributed by atoms with Crippen LogP contribution in [-0.4, -0.2) is 32.7 Å². The third kappa shape index (κ3) is 7.53. The first-order chi connectivity index (χ1) is 10.6. The molecule has 0 saturated heterocycles. The second-order valence-electron chi connectivity index (χ2n) is 3.47. The lowest BCUT2D eigenvalue weighted by Crippen LogP contribution is -2.20. The predicted molar refractivity (Wildman–Crippen MR) is 70.6 cm³/mol. The fourth-order valence-corrected chi connectivity index (χ4v) is 1.34. The molecular formula is C10H4Cl3F5N4O. The standard InChI is InChI=1S/C6H3ClF4N2O.C4HCl2FN2/c7-5-12-1-3(8)4(13-5)14-2-6(9,10)11;5-3-2(7)1-8-4(6)9-3/h1H,2H2;1H. The van der Waals surface area contributed by atoms with E-state index >= 15 is 0 Å². The number of hydrogen-bond acceptors (Lipinski definition) is 5. The van der Waals surface area contributed by atoms with E-state index in [0.717, 1.165) is 6.20 Å². The number of alkyl halides is 3. The van der Waals surface area contributed by atoms with Gasteiger partial charge in [-0.15, -0.1) is 0 Å². The zero-order valence-corrected chi connectivity index (χ0v) is 12.9. The van der Waals surface area contributed by atoms with Gasteiger partial charge in [0.2, 0.25) is 16.4 Å². The Morgan fingerprint density at radius 1 is 0.913 bits per heavy atom. The van der Waals surface area contributed by atoms with E-state index in [0.29, 0.717) is 6.20 Å². The molecule has 0 radical (unpaired) electrons. The largest absolute Gasteiger partial charge is 0.466 e. The Morgan fingerprint density at radius 3 is 1.91 bits per heavy atom. The molecule has 5 nitrogen and oxygen atoms in total. The van der Waals surface area contributed by atoms with Crippen LogP contribution < -0.4 is 4.74 Å². The van der Waals surface area contributed by atoms with Crippen molar-refractivity contribution in [1.29, 1.82) is 0 Å². The molecule has 2 aromatic heterocycles. The van der Waals surface area contributed by atoms with Crippen LogP contribution in [-0.2, 0) is 0 Å². The Bertz CT molecular complexity index is 673. The number of ether oxygens (including phenoxy) is 1. The van der Waals surface area contributed by atoms with E-state index in [4.69, 9.17) is 34.8 Å². The molecule has 23 heavy (non-hydrogen) atoms. The van der Waals surface area contributed by atoms with Crippen LogP contribution in [0.1, 0.15) is 0 Å². The molecule has 0 aromatic carbocycles. The van der Waals surface area contributed by atoms with Crippen molar-refractivity contribution >= 4 is 34.8 Å². The van der Waals surface area contributed by atoms with Crippen molar-refractivity contribution in [1.82, 2.24) is 19.9 Å². The average Bonchev–Trinajstić information content (AvgIpc) is 2.44. The Kier molecular flexibility index (Phi) is 7.10. The second kappa shape index (κ2) is 8.37. The van der Waals surface area contributed by atoms with E-state index in [1.54, 1.807) is 0 Å². The van der Waals surface area contributed by atoms with Gasteiger partial charge in [-0.05, 0) is 23.2 Å². The van der Waals surface area contributed by atoms with Gasteiger partial charge >= 0.3 is 6.18 Å². The van der Waals surface area contributed by atoms with Crippen LogP contribution in [0.5, 0.6) is 5.88 Å². The minimum Gasteiger partial charge on any atom is -0.466 e. The number of aromatic nitrogens is 4. The van der Waals surface area contributed by atoms with Crippen LogP contribution in [0, 0.1) is 11.6 Å². The molecular weight excluding hydrogens is 393 g/mol. The summed E-state index contributed by atoms with van der Waals surface area (Å²) in [4.78, 5) is 13.0. The highest BCUT2D eigenvalue weighted by molar-refractivity contribution is 6.31. The monoisotopic (exact) mass is 396 g/mol. The molecule has 0 aliphatic heterocycles. The lowest BCUT2D eigenvalue weighted by Gasteiger charge is -2.08. The van der Waals surface area contributed by atoms with Crippen molar-refractivity contribution in [2.45, 2.75) is 6.18 Å². The number of nitrogens with zero attached hydrogens (tertiary/aromatic N) is 4. The molecule has 2 aromatic rings. The van der Waals surface area contributed by atoms with Gasteiger partial charge < -0.3 is 4.74 Å². The van der Waals surface area contributed by atoms with Crippen LogP contribution in [0.4, 0.5) is 22.0 Å². The van der Waals surface area contributed by atoms with Gasteiger partial charge in [-0.25, -0.2) is 19.3 Å². The first-order valence-corrected chi connectivity index (χ1v) is 6.43. The third-order valence-electron chi connectivity index (χ3n) is 1.73. The molecule has 0 aliphatic rings. The van der Waals surface area contributed by atoms with Gasteiger partial charge in [-0.1, -0.05) is 11.6 Å². The normalized spacial score (nSPS) is 10.8. The Morgan fingerprint density at radius 2 is 1.43 bits per heavy atom. The van der Waals surface area contributed by atoms with E-state index in [1.165, 1.54) is 0 Å². The highest BCUT2D eigenvalue weighted by Crippen LogP contribution is 2.19. The van der Waals surface area contributed by atoms with Crippen LogP contribution in [0.3, 0.4) is 0 Å². The summed E-state index contributed by atoms with van der Waals surface area (Å²) in [5.74, 6) is -2.58. The molecule has 0 unspecified atom stereocenters. The molecule has 0 fully saturated rings. The molecule has 2 heterocycles. The zero-order valence-electron chi connectivity index (χ0n) is 10.6. The van der Waals surface area contributed by atoms with E-state index in [1.807, 2.05) is 0 Å². The highest BCUT2D eigenvalue weighted by Gasteiger charge is 2.29. The van der Waals surface area contributed by atoms with E-state index in [-0.39, 0.29) is 15.7 Å². The van der Waals surface area contributed by atoms with E-state index in [9.17, 15) is 22.0 Å². The molecule has 126 valence electrons. The smallest absolute Gasteiger partial charge is 0.422 e. The number of rotatable bonds is 2. The van der Waals surface area contributed by atoms with Gasteiger partial charge in [-0.2, -0.15) is 22.5 Å². The number of halogens is 8. The van der Waals surface area contributed by atoms with Gasteiger partial charge in [-0.3, -0.25) is 0 Å². The summed E-state index contributed by atoms with van der Waals surface area (Å²) in [7, 11) is 0. The summed E-state index contributed by atoms with van der Waals surface area (Å²) in [6, 6.07) is 0. The van der Waals surface area contributed by atoms with Crippen molar-refractivity contribution in [2.75, 3.05) is 6.61 Å².